The van der Waals surface area contributed by atoms with Crippen molar-refractivity contribution in [3.63, 3.8) is 0 Å². The smallest absolute Gasteiger partial charge is 0.348 e. The summed E-state index contributed by atoms with van der Waals surface area (Å²) in [6.07, 6.45) is 1.98. The van der Waals surface area contributed by atoms with Gasteiger partial charge in [0.2, 0.25) is 0 Å². The summed E-state index contributed by atoms with van der Waals surface area (Å²) in [5, 5.41) is 18.7. The molecular formula is C19H17NO4. The van der Waals surface area contributed by atoms with Gasteiger partial charge in [0, 0.05) is 6.42 Å². The molecule has 0 aromatic heterocycles. The van der Waals surface area contributed by atoms with E-state index in [4.69, 9.17) is 14.7 Å². The van der Waals surface area contributed by atoms with Crippen molar-refractivity contribution < 1.29 is 19.4 Å². The number of rotatable bonds is 6. The summed E-state index contributed by atoms with van der Waals surface area (Å²) in [6.45, 7) is 0.195. The molecule has 0 aliphatic carbocycles. The number of phenolic OH excluding ortho intramolecular Hbond substituents is 1. The second kappa shape index (κ2) is 8.39. The molecule has 0 aliphatic rings. The topological polar surface area (TPSA) is 79.5 Å². The van der Waals surface area contributed by atoms with Crippen LogP contribution in [0.4, 0.5) is 0 Å². The Morgan fingerprint density at radius 2 is 2.00 bits per heavy atom. The number of nitriles is 1. The van der Waals surface area contributed by atoms with E-state index in [1.165, 1.54) is 25.3 Å². The van der Waals surface area contributed by atoms with Gasteiger partial charge in [-0.25, -0.2) is 4.79 Å². The minimum absolute atomic E-state index is 0.0152. The Bertz CT molecular complexity index is 776. The van der Waals surface area contributed by atoms with Crippen molar-refractivity contribution in [3.8, 4) is 17.6 Å². The first-order valence-electron chi connectivity index (χ1n) is 7.34. The van der Waals surface area contributed by atoms with E-state index >= 15 is 0 Å². The Hall–Kier alpha value is -3.26. The predicted molar refractivity (Wildman–Crippen MR) is 89.4 cm³/mol. The van der Waals surface area contributed by atoms with Gasteiger partial charge in [-0.15, -0.1) is 0 Å². The predicted octanol–water partition coefficient (Wildman–Crippen LogP) is 3.09. The maximum atomic E-state index is 12.0. The highest BCUT2D eigenvalue weighted by Gasteiger charge is 2.11. The summed E-state index contributed by atoms with van der Waals surface area (Å²) >= 11 is 0. The quantitative estimate of drug-likeness (QED) is 0.502. The molecule has 0 unspecified atom stereocenters. The molecule has 122 valence electrons. The third-order valence-electron chi connectivity index (χ3n) is 3.32. The van der Waals surface area contributed by atoms with Gasteiger partial charge in [-0.3, -0.25) is 0 Å². The zero-order chi connectivity index (χ0) is 17.4. The zero-order valence-corrected chi connectivity index (χ0v) is 13.2. The van der Waals surface area contributed by atoms with E-state index in [1.807, 2.05) is 36.4 Å². The lowest BCUT2D eigenvalue weighted by Gasteiger charge is -2.06. The van der Waals surface area contributed by atoms with Gasteiger partial charge < -0.3 is 14.6 Å². The Labute approximate surface area is 140 Å². The van der Waals surface area contributed by atoms with Crippen LogP contribution in [0.3, 0.4) is 0 Å². The van der Waals surface area contributed by atoms with Crippen molar-refractivity contribution in [2.24, 2.45) is 0 Å². The number of aromatic hydroxyl groups is 1. The molecule has 0 heterocycles. The number of hydrogen-bond donors (Lipinski definition) is 1. The first kappa shape index (κ1) is 17.1. The van der Waals surface area contributed by atoms with Crippen LogP contribution in [0.25, 0.3) is 6.08 Å². The minimum Gasteiger partial charge on any atom is -0.504 e. The van der Waals surface area contributed by atoms with E-state index in [9.17, 15) is 9.90 Å². The fourth-order valence-corrected chi connectivity index (χ4v) is 2.07. The lowest BCUT2D eigenvalue weighted by molar-refractivity contribution is -0.138. The van der Waals surface area contributed by atoms with Gasteiger partial charge in [0.1, 0.15) is 11.6 Å². The normalized spacial score (nSPS) is 10.8. The number of nitrogens with zero attached hydrogens (tertiary/aromatic N) is 1. The molecule has 2 aromatic carbocycles. The van der Waals surface area contributed by atoms with E-state index in [-0.39, 0.29) is 23.7 Å². The van der Waals surface area contributed by atoms with Crippen LogP contribution in [-0.2, 0) is 16.0 Å². The molecule has 0 amide bonds. The molecule has 0 radical (unpaired) electrons. The van der Waals surface area contributed by atoms with Crippen molar-refractivity contribution in [2.45, 2.75) is 6.42 Å². The maximum absolute atomic E-state index is 12.0. The van der Waals surface area contributed by atoms with Crippen molar-refractivity contribution in [1.82, 2.24) is 0 Å². The highest BCUT2D eigenvalue weighted by Crippen LogP contribution is 2.27. The molecule has 0 aliphatic heterocycles. The van der Waals surface area contributed by atoms with E-state index in [0.717, 1.165) is 5.56 Å². The first-order chi connectivity index (χ1) is 11.6. The van der Waals surface area contributed by atoms with Crippen LogP contribution in [0.15, 0.2) is 54.1 Å². The Morgan fingerprint density at radius 3 is 2.67 bits per heavy atom. The molecule has 5 nitrogen and oxygen atoms in total. The van der Waals surface area contributed by atoms with Gasteiger partial charge in [-0.2, -0.15) is 5.26 Å². The van der Waals surface area contributed by atoms with E-state index in [1.54, 1.807) is 6.07 Å². The third-order valence-corrected chi connectivity index (χ3v) is 3.32. The zero-order valence-electron chi connectivity index (χ0n) is 13.2. The van der Waals surface area contributed by atoms with Crippen molar-refractivity contribution >= 4 is 12.0 Å². The average molecular weight is 323 g/mol. The number of methoxy groups -OCH3 is 1. The summed E-state index contributed by atoms with van der Waals surface area (Å²) in [7, 11) is 1.42. The van der Waals surface area contributed by atoms with Gasteiger partial charge in [0.05, 0.1) is 13.7 Å². The second-order valence-electron chi connectivity index (χ2n) is 4.97. The van der Waals surface area contributed by atoms with Crippen molar-refractivity contribution in [2.75, 3.05) is 13.7 Å². The largest absolute Gasteiger partial charge is 0.504 e. The molecule has 2 rings (SSSR count). The molecule has 0 bridgehead atoms. The molecule has 0 fully saturated rings. The summed E-state index contributed by atoms with van der Waals surface area (Å²) in [5.74, 6) is -0.433. The van der Waals surface area contributed by atoms with Gasteiger partial charge in [0.15, 0.2) is 11.5 Å². The van der Waals surface area contributed by atoms with Gasteiger partial charge in [-0.1, -0.05) is 36.4 Å². The molecule has 2 aromatic rings. The van der Waals surface area contributed by atoms with Gasteiger partial charge in [-0.05, 0) is 29.3 Å². The molecule has 0 saturated heterocycles. The number of benzene rings is 2. The molecule has 5 heteroatoms. The summed E-state index contributed by atoms with van der Waals surface area (Å²) < 4.78 is 10.1. The lowest BCUT2D eigenvalue weighted by atomic mass is 10.1. The van der Waals surface area contributed by atoms with Crippen LogP contribution < -0.4 is 4.74 Å². The number of ether oxygens (including phenoxy) is 2. The number of carbonyl (C=O) groups is 1. The Morgan fingerprint density at radius 1 is 1.25 bits per heavy atom. The van der Waals surface area contributed by atoms with E-state index in [2.05, 4.69) is 0 Å². The molecule has 0 spiro atoms. The lowest BCUT2D eigenvalue weighted by Crippen LogP contribution is -2.09. The average Bonchev–Trinajstić information content (AvgIpc) is 2.61. The number of phenols is 1. The van der Waals surface area contributed by atoms with Crippen molar-refractivity contribution in [1.29, 1.82) is 5.26 Å². The first-order valence-corrected chi connectivity index (χ1v) is 7.34. The number of carbonyl (C=O) groups excluding carboxylic acids is 1. The Kier molecular flexibility index (Phi) is 5.98. The number of hydrogen-bond acceptors (Lipinski definition) is 5. The molecule has 0 saturated carbocycles. The molecule has 0 atom stereocenters. The molecule has 1 N–H and O–H groups in total. The van der Waals surface area contributed by atoms with E-state index < -0.39 is 5.97 Å². The minimum atomic E-state index is -0.680. The van der Waals surface area contributed by atoms with Crippen LogP contribution >= 0.6 is 0 Å². The van der Waals surface area contributed by atoms with Crippen molar-refractivity contribution in [3.05, 3.63) is 65.2 Å². The van der Waals surface area contributed by atoms with Crippen LogP contribution in [0.2, 0.25) is 0 Å². The third kappa shape index (κ3) is 4.62. The summed E-state index contributed by atoms with van der Waals surface area (Å²) in [5.41, 5.74) is 1.49. The fraction of sp³-hybridized carbons (Fsp3) is 0.158. The van der Waals surface area contributed by atoms with Crippen LogP contribution in [0.5, 0.6) is 11.5 Å². The standard InChI is InChI=1S/C19H17NO4/c1-23-18-12-15(7-8-17(18)21)11-16(13-20)19(22)24-10-9-14-5-3-2-4-6-14/h2-8,11-12,21H,9-10H2,1H3/b16-11+. The maximum Gasteiger partial charge on any atom is 0.348 e. The van der Waals surface area contributed by atoms with E-state index in [0.29, 0.717) is 12.0 Å². The highest BCUT2D eigenvalue weighted by molar-refractivity contribution is 5.97. The SMILES string of the molecule is COc1cc(/C=C(\C#N)C(=O)OCCc2ccccc2)ccc1O. The van der Waals surface area contributed by atoms with Gasteiger partial charge >= 0.3 is 5.97 Å². The van der Waals surface area contributed by atoms with Crippen LogP contribution in [0, 0.1) is 11.3 Å². The fourth-order valence-electron chi connectivity index (χ4n) is 2.07. The second-order valence-corrected chi connectivity index (χ2v) is 4.97. The monoisotopic (exact) mass is 323 g/mol. The Balaban J connectivity index is 2.02. The summed E-state index contributed by atoms with van der Waals surface area (Å²) in [6, 6.07) is 16.0. The molecular weight excluding hydrogens is 306 g/mol. The summed E-state index contributed by atoms with van der Waals surface area (Å²) in [4.78, 5) is 12.0. The highest BCUT2D eigenvalue weighted by atomic mass is 16.5. The van der Waals surface area contributed by atoms with Crippen LogP contribution in [-0.4, -0.2) is 24.8 Å². The number of esters is 1. The molecule has 24 heavy (non-hydrogen) atoms. The van der Waals surface area contributed by atoms with Gasteiger partial charge in [0.25, 0.3) is 0 Å². The van der Waals surface area contributed by atoms with Crippen LogP contribution in [0.1, 0.15) is 11.1 Å².